The first-order valence-electron chi connectivity index (χ1n) is 20.8. The number of benzene rings is 7. The zero-order valence-corrected chi connectivity index (χ0v) is 34.5. The Morgan fingerprint density at radius 1 is 0.508 bits per heavy atom. The van der Waals surface area contributed by atoms with Crippen LogP contribution in [0.3, 0.4) is 0 Å². The molecule has 0 saturated heterocycles. The number of ether oxygens (including phenoxy) is 1. The number of nitrogens with zero attached hydrogens (tertiary/aromatic N) is 5. The van der Waals surface area contributed by atoms with Crippen molar-refractivity contribution in [3.63, 3.8) is 0 Å². The van der Waals surface area contributed by atoms with E-state index in [1.807, 2.05) is 12.4 Å². The highest BCUT2D eigenvalue weighted by molar-refractivity contribution is 6.78. The molecule has 6 nitrogen and oxygen atoms in total. The van der Waals surface area contributed by atoms with E-state index in [2.05, 4.69) is 212 Å². The highest BCUT2D eigenvalue weighted by Gasteiger charge is 2.41. The topological polar surface area (TPSA) is 48.1 Å². The summed E-state index contributed by atoms with van der Waals surface area (Å²) in [5.41, 5.74) is 16.0. The summed E-state index contributed by atoms with van der Waals surface area (Å²) >= 11 is 0. The van der Waals surface area contributed by atoms with Gasteiger partial charge in [0.1, 0.15) is 23.1 Å². The number of pyridine rings is 1. The fourth-order valence-electron chi connectivity index (χ4n) is 9.32. The van der Waals surface area contributed by atoms with Crippen molar-refractivity contribution in [2.45, 2.75) is 27.7 Å². The van der Waals surface area contributed by atoms with E-state index in [1.165, 1.54) is 33.1 Å². The van der Waals surface area contributed by atoms with Crippen LogP contribution in [0, 0.1) is 27.7 Å². The fourth-order valence-corrected chi connectivity index (χ4v) is 9.32. The Morgan fingerprint density at radius 3 is 1.87 bits per heavy atom. The first-order valence-corrected chi connectivity index (χ1v) is 20.8. The van der Waals surface area contributed by atoms with Crippen molar-refractivity contribution in [1.82, 2.24) is 19.0 Å². The second-order valence-corrected chi connectivity index (χ2v) is 16.1. The number of imidazole rings is 1. The molecule has 1 aliphatic rings. The van der Waals surface area contributed by atoms with Crippen LogP contribution < -0.4 is 15.0 Å². The Morgan fingerprint density at radius 2 is 1.15 bits per heavy atom. The van der Waals surface area contributed by atoms with E-state index in [0.717, 1.165) is 78.8 Å². The highest BCUT2D eigenvalue weighted by atomic mass is 16.5. The molecule has 7 aromatic carbocycles. The van der Waals surface area contributed by atoms with E-state index in [-0.39, 0.29) is 6.98 Å². The first-order chi connectivity index (χ1) is 29.9. The lowest BCUT2D eigenvalue weighted by Gasteiger charge is -2.41. The second-order valence-electron chi connectivity index (χ2n) is 16.1. The van der Waals surface area contributed by atoms with Gasteiger partial charge in [-0.3, -0.25) is 4.57 Å². The molecule has 0 fully saturated rings. The molecule has 0 radical (unpaired) electrons. The summed E-state index contributed by atoms with van der Waals surface area (Å²) in [5.74, 6) is 3.24. The molecule has 11 rings (SSSR count). The van der Waals surface area contributed by atoms with Gasteiger partial charge in [-0.25, -0.2) is 9.97 Å². The Hall–Kier alpha value is -7.64. The number of para-hydroxylation sites is 2. The van der Waals surface area contributed by atoms with Gasteiger partial charge in [-0.05, 0) is 97.9 Å². The monoisotopic (exact) mass is 787 g/mol. The minimum absolute atomic E-state index is 0.228. The van der Waals surface area contributed by atoms with Crippen LogP contribution in [0.25, 0.3) is 61.3 Å². The van der Waals surface area contributed by atoms with Crippen molar-refractivity contribution in [3.8, 4) is 51.0 Å². The maximum atomic E-state index is 6.86. The molecule has 3 aromatic heterocycles. The zero-order valence-electron chi connectivity index (χ0n) is 34.5. The molecule has 0 N–H and O–H groups in total. The quantitative estimate of drug-likeness (QED) is 0.151. The lowest BCUT2D eigenvalue weighted by atomic mass is 9.59. The van der Waals surface area contributed by atoms with Crippen molar-refractivity contribution in [1.29, 1.82) is 0 Å². The summed E-state index contributed by atoms with van der Waals surface area (Å²) in [5, 5.41) is 2.32. The van der Waals surface area contributed by atoms with Gasteiger partial charge in [0.15, 0.2) is 0 Å². The normalized spacial score (nSPS) is 12.2. The number of anilines is 2. The molecule has 0 bridgehead atoms. The Kier molecular flexibility index (Phi) is 8.71. The SMILES string of the molecule is Cc1cnc(-n2c3ccccc3c3ccc(Oc4ccc5c(c4)-c4nccn4B(c4c(C)cccc4C)N5c4c(-c5ccccc5)cccc4-c4ccccc4)cc32)cc1C. The molecule has 1 aliphatic heterocycles. The number of aryl methyl sites for hydroxylation is 4. The Bertz CT molecular complexity index is 3220. The van der Waals surface area contributed by atoms with Gasteiger partial charge in [-0.15, -0.1) is 0 Å². The third-order valence-corrected chi connectivity index (χ3v) is 12.4. The highest BCUT2D eigenvalue weighted by Crippen LogP contribution is 2.49. The van der Waals surface area contributed by atoms with Crippen LogP contribution in [-0.4, -0.2) is 26.0 Å². The van der Waals surface area contributed by atoms with Gasteiger partial charge >= 0.3 is 6.98 Å². The molecule has 7 heteroatoms. The number of hydrogen-bond donors (Lipinski definition) is 0. The predicted octanol–water partition coefficient (Wildman–Crippen LogP) is 12.8. The number of rotatable bonds is 7. The molecule has 292 valence electrons. The van der Waals surface area contributed by atoms with E-state index in [4.69, 9.17) is 14.7 Å². The van der Waals surface area contributed by atoms with Crippen LogP contribution in [-0.2, 0) is 0 Å². The molecule has 10 aromatic rings. The van der Waals surface area contributed by atoms with E-state index >= 15 is 0 Å². The van der Waals surface area contributed by atoms with Gasteiger partial charge in [-0.2, -0.15) is 0 Å². The summed E-state index contributed by atoms with van der Waals surface area (Å²) in [6, 6.07) is 58.3. The van der Waals surface area contributed by atoms with Crippen molar-refractivity contribution in [2.75, 3.05) is 4.81 Å². The van der Waals surface area contributed by atoms with Crippen LogP contribution in [0.5, 0.6) is 11.5 Å². The molecule has 0 atom stereocenters. The van der Waals surface area contributed by atoms with Crippen LogP contribution in [0.4, 0.5) is 11.4 Å². The molecule has 0 aliphatic carbocycles. The minimum Gasteiger partial charge on any atom is -0.457 e. The molecule has 0 spiro atoms. The van der Waals surface area contributed by atoms with E-state index < -0.39 is 0 Å². The third kappa shape index (κ3) is 6.03. The Labute approximate surface area is 356 Å². The van der Waals surface area contributed by atoms with Crippen molar-refractivity contribution >= 4 is 45.6 Å². The number of hydrogen-bond acceptors (Lipinski definition) is 4. The smallest absolute Gasteiger partial charge is 0.422 e. The van der Waals surface area contributed by atoms with Gasteiger partial charge in [0.2, 0.25) is 0 Å². The van der Waals surface area contributed by atoms with E-state index in [1.54, 1.807) is 0 Å². The van der Waals surface area contributed by atoms with Crippen molar-refractivity contribution in [3.05, 3.63) is 205 Å². The zero-order chi connectivity index (χ0) is 41.2. The van der Waals surface area contributed by atoms with Crippen LogP contribution in [0.15, 0.2) is 182 Å². The van der Waals surface area contributed by atoms with Crippen molar-refractivity contribution in [2.24, 2.45) is 0 Å². The number of fused-ring (bicyclic) bond motifs is 6. The lowest BCUT2D eigenvalue weighted by Crippen LogP contribution is -2.55. The maximum absolute atomic E-state index is 6.86. The Balaban J connectivity index is 1.11. The van der Waals surface area contributed by atoms with Crippen LogP contribution in [0.1, 0.15) is 22.3 Å². The summed E-state index contributed by atoms with van der Waals surface area (Å²) in [7, 11) is 0. The van der Waals surface area contributed by atoms with Crippen molar-refractivity contribution < 1.29 is 4.74 Å². The molecular weight excluding hydrogens is 745 g/mol. The second kappa shape index (κ2) is 14.6. The third-order valence-electron chi connectivity index (χ3n) is 12.4. The average Bonchev–Trinajstić information content (AvgIpc) is 3.91. The molecule has 61 heavy (non-hydrogen) atoms. The standard InChI is InChI=1S/C54H42BN5O/c1-35-15-13-16-36(2)52(35)55-58-30-29-56-54(58)47-32-41(61-42-25-27-46-45-21-11-12-24-48(45)59(50(46)33-42)51-31-37(3)38(4)34-57-51)26-28-49(47)60(55)53-43(39-17-7-5-8-18-39)22-14-23-44(53)40-19-9-6-10-20-40/h5-34H,1-4H3. The van der Waals surface area contributed by atoms with E-state index in [0.29, 0.717) is 0 Å². The maximum Gasteiger partial charge on any atom is 0.422 e. The fraction of sp³-hybridized carbons (Fsp3) is 0.0741. The molecule has 0 unspecified atom stereocenters. The average molecular weight is 788 g/mol. The predicted molar refractivity (Wildman–Crippen MR) is 252 cm³/mol. The van der Waals surface area contributed by atoms with Gasteiger partial charge in [-0.1, -0.05) is 126 Å². The van der Waals surface area contributed by atoms with Gasteiger partial charge < -0.3 is 14.0 Å². The molecule has 0 amide bonds. The number of aromatic nitrogens is 4. The van der Waals surface area contributed by atoms with Crippen LogP contribution in [0.2, 0.25) is 0 Å². The van der Waals surface area contributed by atoms with Gasteiger partial charge in [0.05, 0.1) is 11.0 Å². The van der Waals surface area contributed by atoms with E-state index in [9.17, 15) is 0 Å². The van der Waals surface area contributed by atoms with Gasteiger partial charge in [0.25, 0.3) is 0 Å². The minimum atomic E-state index is -0.228. The summed E-state index contributed by atoms with van der Waals surface area (Å²) in [6.07, 6.45) is 6.00. The van der Waals surface area contributed by atoms with Crippen LogP contribution >= 0.6 is 0 Å². The molecule has 4 heterocycles. The lowest BCUT2D eigenvalue weighted by molar-refractivity contribution is 0.483. The summed E-state index contributed by atoms with van der Waals surface area (Å²) in [4.78, 5) is 12.5. The largest absolute Gasteiger partial charge is 0.457 e. The summed E-state index contributed by atoms with van der Waals surface area (Å²) < 4.78 is 11.4. The molecule has 0 saturated carbocycles. The first kappa shape index (κ1) is 36.4. The van der Waals surface area contributed by atoms with Gasteiger partial charge in [0, 0.05) is 63.5 Å². The molecular formula is C54H42BN5O. The summed E-state index contributed by atoms with van der Waals surface area (Å²) in [6.45, 7) is 8.45.